The number of aliphatic hydroxyl groups is 1. The summed E-state index contributed by atoms with van der Waals surface area (Å²) in [5, 5.41) is 36.5. The lowest BCUT2D eigenvalue weighted by Gasteiger charge is -2.35. The van der Waals surface area contributed by atoms with Crippen molar-refractivity contribution in [2.24, 2.45) is 0 Å². The smallest absolute Gasteiger partial charge is 0.302 e. The monoisotopic (exact) mass is 392 g/mol. The highest BCUT2D eigenvalue weighted by atomic mass is 16.6. The quantitative estimate of drug-likeness (QED) is 0.562. The molecular formula is C16H20N6O6. The van der Waals surface area contributed by atoms with Gasteiger partial charge in [0, 0.05) is 44.7 Å². The largest absolute Gasteiger partial charge is 0.392 e. The fourth-order valence-electron chi connectivity index (χ4n) is 3.37. The van der Waals surface area contributed by atoms with E-state index < -0.39 is 16.5 Å². The molecule has 0 bridgehead atoms. The molecule has 0 unspecified atom stereocenters. The van der Waals surface area contributed by atoms with Gasteiger partial charge in [-0.25, -0.2) is 0 Å². The van der Waals surface area contributed by atoms with Gasteiger partial charge in [0.1, 0.15) is 0 Å². The number of anilines is 1. The molecule has 12 heteroatoms. The summed E-state index contributed by atoms with van der Waals surface area (Å²) in [4.78, 5) is 29.8. The van der Waals surface area contributed by atoms with Gasteiger partial charge in [0.15, 0.2) is 11.5 Å². The van der Waals surface area contributed by atoms with E-state index >= 15 is 0 Å². The normalized spacial score (nSPS) is 15.0. The first-order valence-electron chi connectivity index (χ1n) is 8.64. The Kier molecular flexibility index (Phi) is 5.51. The van der Waals surface area contributed by atoms with Crippen molar-refractivity contribution in [3.8, 4) is 0 Å². The molecule has 1 aromatic heterocycles. The summed E-state index contributed by atoms with van der Waals surface area (Å²) in [6.07, 6.45) is 0. The molecule has 0 amide bonds. The highest BCUT2D eigenvalue weighted by molar-refractivity contribution is 5.79. The van der Waals surface area contributed by atoms with Gasteiger partial charge < -0.3 is 14.5 Å². The van der Waals surface area contributed by atoms with Crippen LogP contribution >= 0.6 is 0 Å². The van der Waals surface area contributed by atoms with E-state index in [9.17, 15) is 25.3 Å². The van der Waals surface area contributed by atoms with Crippen LogP contribution in [0, 0.1) is 34.1 Å². The van der Waals surface area contributed by atoms with Crippen molar-refractivity contribution < 1.29 is 19.5 Å². The van der Waals surface area contributed by atoms with Crippen LogP contribution in [-0.4, -0.2) is 56.2 Å². The summed E-state index contributed by atoms with van der Waals surface area (Å²) in [6.45, 7) is 4.96. The number of nitro groups is 2. The highest BCUT2D eigenvalue weighted by Crippen LogP contribution is 2.42. The van der Waals surface area contributed by atoms with E-state index in [1.165, 1.54) is 13.0 Å². The molecule has 1 fully saturated rings. The van der Waals surface area contributed by atoms with Gasteiger partial charge >= 0.3 is 5.69 Å². The van der Waals surface area contributed by atoms with Gasteiger partial charge in [0.2, 0.25) is 5.89 Å². The number of rotatable bonds is 6. The number of aryl methyl sites for hydroxylation is 1. The molecular weight excluding hydrogens is 372 g/mol. The van der Waals surface area contributed by atoms with E-state index in [1.807, 2.05) is 4.90 Å². The lowest BCUT2D eigenvalue weighted by atomic mass is 10.0. The summed E-state index contributed by atoms with van der Waals surface area (Å²) in [5.74, 6) is 1.02. The maximum Gasteiger partial charge on any atom is 0.302 e. The Morgan fingerprint density at radius 2 is 1.86 bits per heavy atom. The Labute approximate surface area is 159 Å². The molecule has 1 aliphatic heterocycles. The molecule has 12 nitrogen and oxygen atoms in total. The number of nitro benzene ring substituents is 2. The Balaban J connectivity index is 1.88. The highest BCUT2D eigenvalue weighted by Gasteiger charge is 2.35. The molecule has 0 radical (unpaired) electrons. The maximum absolute atomic E-state index is 11.7. The summed E-state index contributed by atoms with van der Waals surface area (Å²) in [7, 11) is 0. The van der Waals surface area contributed by atoms with Crippen molar-refractivity contribution >= 4 is 17.1 Å². The fourth-order valence-corrected chi connectivity index (χ4v) is 3.37. The number of hydrogen-bond acceptors (Lipinski definition) is 10. The van der Waals surface area contributed by atoms with Gasteiger partial charge in [-0.3, -0.25) is 25.1 Å². The number of hydrogen-bond donors (Lipinski definition) is 1. The third-order valence-electron chi connectivity index (χ3n) is 4.79. The van der Waals surface area contributed by atoms with Crippen molar-refractivity contribution in [2.45, 2.75) is 27.0 Å². The predicted molar refractivity (Wildman–Crippen MR) is 96.9 cm³/mol. The average molecular weight is 392 g/mol. The van der Waals surface area contributed by atoms with Crippen LogP contribution < -0.4 is 4.90 Å². The molecule has 150 valence electrons. The molecule has 0 aliphatic carbocycles. The van der Waals surface area contributed by atoms with Crippen LogP contribution in [0.5, 0.6) is 0 Å². The van der Waals surface area contributed by atoms with Gasteiger partial charge in [0.05, 0.1) is 23.0 Å². The number of benzene rings is 1. The molecule has 3 rings (SSSR count). The van der Waals surface area contributed by atoms with Gasteiger partial charge in [-0.2, -0.15) is 4.98 Å². The van der Waals surface area contributed by atoms with Gasteiger partial charge in [-0.15, -0.1) is 0 Å². The molecule has 2 heterocycles. The van der Waals surface area contributed by atoms with E-state index in [0.717, 1.165) is 0 Å². The standard InChI is InChI=1S/C16H20N6O6/c1-10-12(9-23)7-13(21(24)25)16(15(10)22(26)27)20-5-3-19(4-6-20)8-14-17-11(2)28-18-14/h7,23H,3-6,8-9H2,1-2H3. The van der Waals surface area contributed by atoms with E-state index in [-0.39, 0.29) is 28.2 Å². The first-order valence-corrected chi connectivity index (χ1v) is 8.64. The summed E-state index contributed by atoms with van der Waals surface area (Å²) in [5.41, 5.74) is -0.310. The molecule has 0 atom stereocenters. The third kappa shape index (κ3) is 3.77. The first-order chi connectivity index (χ1) is 13.3. The van der Waals surface area contributed by atoms with Crippen LogP contribution in [0.3, 0.4) is 0 Å². The molecule has 28 heavy (non-hydrogen) atoms. The second-order valence-corrected chi connectivity index (χ2v) is 6.54. The van der Waals surface area contributed by atoms with Crippen LogP contribution in [0.1, 0.15) is 22.8 Å². The first kappa shape index (κ1) is 19.6. The summed E-state index contributed by atoms with van der Waals surface area (Å²) >= 11 is 0. The average Bonchev–Trinajstić information content (AvgIpc) is 3.06. The molecule has 1 N–H and O–H groups in total. The Bertz CT molecular complexity index is 905. The minimum absolute atomic E-state index is 0.0141. The number of aliphatic hydroxyl groups excluding tert-OH is 1. The minimum Gasteiger partial charge on any atom is -0.392 e. The summed E-state index contributed by atoms with van der Waals surface area (Å²) < 4.78 is 4.95. The van der Waals surface area contributed by atoms with Crippen LogP contribution in [-0.2, 0) is 13.2 Å². The van der Waals surface area contributed by atoms with Gasteiger partial charge in [0.25, 0.3) is 5.69 Å². The Hall–Kier alpha value is -3.12. The van der Waals surface area contributed by atoms with Crippen LogP contribution in [0.2, 0.25) is 0 Å². The molecule has 1 aromatic carbocycles. The van der Waals surface area contributed by atoms with Crippen molar-refractivity contribution in [3.05, 3.63) is 49.1 Å². The minimum atomic E-state index is -0.643. The molecule has 0 saturated carbocycles. The van der Waals surface area contributed by atoms with E-state index in [0.29, 0.717) is 44.4 Å². The zero-order valence-electron chi connectivity index (χ0n) is 15.5. The SMILES string of the molecule is Cc1nc(CN2CCN(c3c([N+](=O)[O-])cc(CO)c(C)c3[N+](=O)[O-])CC2)no1. The fraction of sp³-hybridized carbons (Fsp3) is 0.500. The van der Waals surface area contributed by atoms with Crippen LogP contribution in [0.25, 0.3) is 0 Å². The number of aromatic nitrogens is 2. The van der Waals surface area contributed by atoms with Crippen molar-refractivity contribution in [1.29, 1.82) is 0 Å². The van der Waals surface area contributed by atoms with E-state index in [1.54, 1.807) is 11.8 Å². The molecule has 2 aromatic rings. The predicted octanol–water partition coefficient (Wildman–Crippen LogP) is 1.32. The molecule has 1 aliphatic rings. The number of nitrogens with zero attached hydrogens (tertiary/aromatic N) is 6. The van der Waals surface area contributed by atoms with Crippen molar-refractivity contribution in [1.82, 2.24) is 15.0 Å². The van der Waals surface area contributed by atoms with Gasteiger partial charge in [-0.1, -0.05) is 5.16 Å². The van der Waals surface area contributed by atoms with Crippen LogP contribution in [0.15, 0.2) is 10.6 Å². The number of piperazine rings is 1. The van der Waals surface area contributed by atoms with E-state index in [2.05, 4.69) is 10.1 Å². The third-order valence-corrected chi connectivity index (χ3v) is 4.79. The summed E-state index contributed by atoms with van der Waals surface area (Å²) in [6, 6.07) is 1.21. The van der Waals surface area contributed by atoms with E-state index in [4.69, 9.17) is 4.52 Å². The zero-order valence-corrected chi connectivity index (χ0v) is 15.5. The Morgan fingerprint density at radius 3 is 2.36 bits per heavy atom. The van der Waals surface area contributed by atoms with Crippen molar-refractivity contribution in [3.63, 3.8) is 0 Å². The second-order valence-electron chi connectivity index (χ2n) is 6.54. The molecule has 0 spiro atoms. The van der Waals surface area contributed by atoms with Gasteiger partial charge in [-0.05, 0) is 12.5 Å². The maximum atomic E-state index is 11.7. The second kappa shape index (κ2) is 7.86. The topological polar surface area (TPSA) is 152 Å². The lowest BCUT2D eigenvalue weighted by molar-refractivity contribution is -0.393. The van der Waals surface area contributed by atoms with Crippen LogP contribution in [0.4, 0.5) is 17.1 Å². The zero-order chi connectivity index (χ0) is 20.4. The molecule has 1 saturated heterocycles. The lowest BCUT2D eigenvalue weighted by Crippen LogP contribution is -2.46. The Morgan fingerprint density at radius 1 is 1.18 bits per heavy atom. The van der Waals surface area contributed by atoms with Crippen molar-refractivity contribution in [2.75, 3.05) is 31.1 Å².